The predicted octanol–water partition coefficient (Wildman–Crippen LogP) is 3.94. The molecule has 1 aliphatic rings. The summed E-state index contributed by atoms with van der Waals surface area (Å²) in [5.74, 6) is -0.159. The third-order valence-corrected chi connectivity index (χ3v) is 3.86. The Bertz CT molecular complexity index is 763. The van der Waals surface area contributed by atoms with E-state index < -0.39 is 5.82 Å². The van der Waals surface area contributed by atoms with Crippen molar-refractivity contribution in [1.82, 2.24) is 0 Å². The molecule has 1 heterocycles. The number of rotatable bonds is 2. The number of ether oxygens (including phenoxy) is 1. The van der Waals surface area contributed by atoms with Gasteiger partial charge in [-0.3, -0.25) is 4.79 Å². The van der Waals surface area contributed by atoms with Crippen LogP contribution in [0, 0.1) is 5.82 Å². The first-order valence-corrected chi connectivity index (χ1v) is 7.49. The van der Waals surface area contributed by atoms with Crippen LogP contribution < -0.4 is 9.64 Å². The lowest BCUT2D eigenvalue weighted by Crippen LogP contribution is -2.08. The molecular weight excluding hydrogens is 293 g/mol. The molecule has 0 aliphatic carbocycles. The van der Waals surface area contributed by atoms with Gasteiger partial charge in [-0.1, -0.05) is 12.1 Å². The minimum Gasteiger partial charge on any atom is -0.492 e. The van der Waals surface area contributed by atoms with Gasteiger partial charge in [-0.2, -0.15) is 0 Å². The summed E-state index contributed by atoms with van der Waals surface area (Å²) in [6.07, 6.45) is 2.36. The second kappa shape index (κ2) is 6.24. The maximum Gasteiger partial charge on any atom is 0.192 e. The molecule has 0 radical (unpaired) electrons. The fourth-order valence-electron chi connectivity index (χ4n) is 2.57. The summed E-state index contributed by atoms with van der Waals surface area (Å²) in [5.41, 5.74) is 2.96. The zero-order chi connectivity index (χ0) is 16.4. The van der Waals surface area contributed by atoms with Crippen LogP contribution in [0.25, 0.3) is 6.08 Å². The van der Waals surface area contributed by atoms with E-state index in [1.54, 1.807) is 0 Å². The van der Waals surface area contributed by atoms with Crippen LogP contribution in [-0.2, 0) is 0 Å². The smallest absolute Gasteiger partial charge is 0.192 e. The normalized spacial score (nSPS) is 15.8. The number of nitrogens with zero attached hydrogens (tertiary/aromatic N) is 1. The summed E-state index contributed by atoms with van der Waals surface area (Å²) in [7, 11) is 3.95. The van der Waals surface area contributed by atoms with Crippen LogP contribution in [0.4, 0.5) is 10.1 Å². The highest BCUT2D eigenvalue weighted by molar-refractivity contribution is 6.13. The Balaban J connectivity index is 1.94. The number of Topliss-reactive ketones (excluding diaryl/α,β-unsaturated/α-hetero) is 1. The molecule has 0 N–H and O–H groups in total. The molecule has 2 aromatic rings. The van der Waals surface area contributed by atoms with E-state index in [0.717, 1.165) is 11.3 Å². The molecule has 0 unspecified atom stereocenters. The molecule has 0 amide bonds. The van der Waals surface area contributed by atoms with Crippen LogP contribution in [0.2, 0.25) is 0 Å². The first kappa shape index (κ1) is 15.3. The number of carbonyl (C=O) groups is 1. The minimum atomic E-state index is -0.433. The standard InChI is InChI=1S/C19H18FNO2/c1-21(2)16-6-3-13(4-7-16)11-14-9-10-23-18-8-5-15(20)12-17(18)19(14)22/h3-8,11-12H,9-10H2,1-2H3. The Hall–Kier alpha value is -2.62. The third-order valence-electron chi connectivity index (χ3n) is 3.86. The number of benzene rings is 2. The van der Waals surface area contributed by atoms with Crippen molar-refractivity contribution in [3.8, 4) is 5.75 Å². The number of halogens is 1. The molecule has 0 saturated carbocycles. The van der Waals surface area contributed by atoms with Gasteiger partial charge in [0.1, 0.15) is 11.6 Å². The average Bonchev–Trinajstić information content (AvgIpc) is 2.68. The molecule has 3 nitrogen and oxygen atoms in total. The summed E-state index contributed by atoms with van der Waals surface area (Å²) in [5, 5.41) is 0. The van der Waals surface area contributed by atoms with E-state index >= 15 is 0 Å². The Morgan fingerprint density at radius 3 is 2.57 bits per heavy atom. The Labute approximate surface area is 135 Å². The quantitative estimate of drug-likeness (QED) is 0.787. The molecule has 23 heavy (non-hydrogen) atoms. The van der Waals surface area contributed by atoms with Gasteiger partial charge in [0.2, 0.25) is 0 Å². The lowest BCUT2D eigenvalue weighted by Gasteiger charge is -2.12. The summed E-state index contributed by atoms with van der Waals surface area (Å²) in [6, 6.07) is 12.0. The van der Waals surface area contributed by atoms with Crippen molar-refractivity contribution in [3.63, 3.8) is 0 Å². The van der Waals surface area contributed by atoms with Crippen molar-refractivity contribution in [2.24, 2.45) is 0 Å². The van der Waals surface area contributed by atoms with Crippen LogP contribution in [0.3, 0.4) is 0 Å². The first-order chi connectivity index (χ1) is 11.0. The van der Waals surface area contributed by atoms with E-state index in [2.05, 4.69) is 0 Å². The molecule has 0 fully saturated rings. The second-order valence-electron chi connectivity index (χ2n) is 5.72. The van der Waals surface area contributed by atoms with Gasteiger partial charge >= 0.3 is 0 Å². The number of hydrogen-bond acceptors (Lipinski definition) is 3. The van der Waals surface area contributed by atoms with Crippen LogP contribution in [0.15, 0.2) is 48.0 Å². The summed E-state index contributed by atoms with van der Waals surface area (Å²) < 4.78 is 19.0. The van der Waals surface area contributed by atoms with E-state index in [1.807, 2.05) is 49.3 Å². The second-order valence-corrected chi connectivity index (χ2v) is 5.72. The van der Waals surface area contributed by atoms with Gasteiger partial charge in [0.05, 0.1) is 12.2 Å². The Morgan fingerprint density at radius 2 is 1.87 bits per heavy atom. The third kappa shape index (κ3) is 3.26. The van der Waals surface area contributed by atoms with Crippen LogP contribution >= 0.6 is 0 Å². The van der Waals surface area contributed by atoms with Gasteiger partial charge in [0.25, 0.3) is 0 Å². The van der Waals surface area contributed by atoms with Gasteiger partial charge in [-0.25, -0.2) is 4.39 Å². The number of anilines is 1. The first-order valence-electron chi connectivity index (χ1n) is 7.49. The average molecular weight is 311 g/mol. The topological polar surface area (TPSA) is 29.5 Å². The van der Waals surface area contributed by atoms with Gasteiger partial charge in [0.15, 0.2) is 5.78 Å². The predicted molar refractivity (Wildman–Crippen MR) is 89.6 cm³/mol. The van der Waals surface area contributed by atoms with Crippen molar-refractivity contribution in [1.29, 1.82) is 0 Å². The van der Waals surface area contributed by atoms with Crippen LogP contribution in [0.5, 0.6) is 5.75 Å². The number of carbonyl (C=O) groups excluding carboxylic acids is 1. The van der Waals surface area contributed by atoms with E-state index in [9.17, 15) is 9.18 Å². The van der Waals surface area contributed by atoms with Crippen molar-refractivity contribution in [2.75, 3.05) is 25.6 Å². The van der Waals surface area contributed by atoms with Gasteiger partial charge in [0, 0.05) is 31.8 Å². The van der Waals surface area contributed by atoms with E-state index in [-0.39, 0.29) is 5.78 Å². The molecule has 0 bridgehead atoms. The fourth-order valence-corrected chi connectivity index (χ4v) is 2.57. The van der Waals surface area contributed by atoms with Crippen LogP contribution in [0.1, 0.15) is 22.3 Å². The van der Waals surface area contributed by atoms with Gasteiger partial charge in [-0.15, -0.1) is 0 Å². The molecule has 1 aliphatic heterocycles. The molecule has 2 aromatic carbocycles. The molecule has 0 atom stereocenters. The van der Waals surface area contributed by atoms with Crippen LogP contribution in [-0.4, -0.2) is 26.5 Å². The largest absolute Gasteiger partial charge is 0.492 e. The molecule has 0 spiro atoms. The highest BCUT2D eigenvalue weighted by Gasteiger charge is 2.21. The van der Waals surface area contributed by atoms with E-state index in [4.69, 9.17) is 4.74 Å². The number of ketones is 1. The number of hydrogen-bond donors (Lipinski definition) is 0. The summed E-state index contributed by atoms with van der Waals surface area (Å²) >= 11 is 0. The van der Waals surface area contributed by atoms with Gasteiger partial charge in [-0.05, 0) is 42.0 Å². The summed E-state index contributed by atoms with van der Waals surface area (Å²) in [6.45, 7) is 0.409. The van der Waals surface area contributed by atoms with Crippen molar-refractivity contribution in [2.45, 2.75) is 6.42 Å². The summed E-state index contributed by atoms with van der Waals surface area (Å²) in [4.78, 5) is 14.7. The highest BCUT2D eigenvalue weighted by atomic mass is 19.1. The molecule has 0 aromatic heterocycles. The van der Waals surface area contributed by atoms with Crippen molar-refractivity contribution < 1.29 is 13.9 Å². The molecule has 4 heteroatoms. The lowest BCUT2D eigenvalue weighted by atomic mass is 9.99. The van der Waals surface area contributed by atoms with Crippen molar-refractivity contribution >= 4 is 17.5 Å². The maximum atomic E-state index is 13.4. The Morgan fingerprint density at radius 1 is 1.13 bits per heavy atom. The fraction of sp³-hybridized carbons (Fsp3) is 0.211. The van der Waals surface area contributed by atoms with Crippen molar-refractivity contribution in [3.05, 3.63) is 65.0 Å². The highest BCUT2D eigenvalue weighted by Crippen LogP contribution is 2.28. The minimum absolute atomic E-state index is 0.173. The van der Waals surface area contributed by atoms with E-state index in [0.29, 0.717) is 29.9 Å². The molecule has 118 valence electrons. The van der Waals surface area contributed by atoms with Gasteiger partial charge < -0.3 is 9.64 Å². The number of fused-ring (bicyclic) bond motifs is 1. The van der Waals surface area contributed by atoms with E-state index in [1.165, 1.54) is 18.2 Å². The maximum absolute atomic E-state index is 13.4. The lowest BCUT2D eigenvalue weighted by molar-refractivity contribution is 0.103. The SMILES string of the molecule is CN(C)c1ccc(C=C2CCOc3ccc(F)cc3C2=O)cc1. The molecule has 3 rings (SSSR count). The zero-order valence-electron chi connectivity index (χ0n) is 13.2. The molecule has 0 saturated heterocycles. The zero-order valence-corrected chi connectivity index (χ0v) is 13.2. The Kier molecular flexibility index (Phi) is 4.15. The molecular formula is C19H18FNO2. The monoisotopic (exact) mass is 311 g/mol.